The number of aliphatic hydroxyl groups excluding tert-OH is 1. The van der Waals surface area contributed by atoms with Crippen LogP contribution in [0, 0.1) is 17.8 Å². The van der Waals surface area contributed by atoms with Gasteiger partial charge in [0.05, 0.1) is 43.8 Å². The van der Waals surface area contributed by atoms with E-state index >= 15 is 0 Å². The van der Waals surface area contributed by atoms with Gasteiger partial charge < -0.3 is 29.4 Å². The molecule has 216 valence electrons. The smallest absolute Gasteiger partial charge is 0.459 e. The van der Waals surface area contributed by atoms with Crippen molar-refractivity contribution in [2.75, 3.05) is 25.6 Å². The topological polar surface area (TPSA) is 156 Å². The normalized spacial score (nSPS) is 23.1. The Bertz CT molecular complexity index is 1380. The first-order valence-electron chi connectivity index (χ1n) is 13.3. The molecule has 12 nitrogen and oxygen atoms in total. The second-order valence-electron chi connectivity index (χ2n) is 10.1. The highest BCUT2D eigenvalue weighted by Crippen LogP contribution is 2.51. The Morgan fingerprint density at radius 3 is 2.73 bits per heavy atom. The average molecular weight is 573 g/mol. The number of nitrogens with one attached hydrogen (secondary N) is 1. The van der Waals surface area contributed by atoms with Crippen molar-refractivity contribution < 1.29 is 28.2 Å². The van der Waals surface area contributed by atoms with Crippen molar-refractivity contribution in [3.8, 4) is 24.0 Å². The number of benzene rings is 1. The number of para-hydroxylation sites is 1. The molecular formula is C27H37N6O6P. The molecule has 40 heavy (non-hydrogen) atoms. The standard InChI is InChI=1S/C27H37N6O6P/c1-6-27(16-38-40(35,32-19(5)15-37-18(3)4)39-21-11-9-8-10-12-21)14-20(13-22(27)34)33-17-29-23-24(33)30-26(28)31-25(23)36-7-2/h1,8-12,17-20,22,34H,7,13-16H2,2-5H3,(H,32,35)(H2,28,30,31)/t19-,20-,22-,27+,40-/m0/s1. The van der Waals surface area contributed by atoms with Gasteiger partial charge >= 0.3 is 7.75 Å². The molecule has 4 N–H and O–H groups in total. The first-order valence-corrected chi connectivity index (χ1v) is 14.8. The fourth-order valence-corrected chi connectivity index (χ4v) is 6.25. The molecule has 0 aliphatic heterocycles. The molecule has 5 atom stereocenters. The Balaban J connectivity index is 1.56. The van der Waals surface area contributed by atoms with Gasteiger partial charge in [-0.2, -0.15) is 9.97 Å². The van der Waals surface area contributed by atoms with Crippen LogP contribution in [0.5, 0.6) is 11.6 Å². The Morgan fingerprint density at radius 1 is 1.30 bits per heavy atom. The van der Waals surface area contributed by atoms with Gasteiger partial charge in [0, 0.05) is 12.1 Å². The third kappa shape index (κ3) is 6.74. The van der Waals surface area contributed by atoms with Crippen LogP contribution < -0.4 is 20.1 Å². The summed E-state index contributed by atoms with van der Waals surface area (Å²) in [5.74, 6) is 3.41. The number of fused-ring (bicyclic) bond motifs is 1. The molecule has 1 saturated carbocycles. The second kappa shape index (κ2) is 12.5. The molecule has 13 heteroatoms. The summed E-state index contributed by atoms with van der Waals surface area (Å²) in [6.07, 6.45) is 7.23. The second-order valence-corrected chi connectivity index (χ2v) is 11.8. The number of anilines is 1. The molecule has 0 amide bonds. The maximum atomic E-state index is 14.0. The van der Waals surface area contributed by atoms with Gasteiger partial charge in [-0.3, -0.25) is 4.52 Å². The average Bonchev–Trinajstić information content (AvgIpc) is 3.48. The summed E-state index contributed by atoms with van der Waals surface area (Å²) in [5.41, 5.74) is 5.70. The minimum atomic E-state index is -3.94. The third-order valence-electron chi connectivity index (χ3n) is 6.62. The summed E-state index contributed by atoms with van der Waals surface area (Å²) in [6, 6.07) is 8.07. The Kier molecular flexibility index (Phi) is 9.33. The van der Waals surface area contributed by atoms with Gasteiger partial charge in [0.25, 0.3) is 0 Å². The quantitative estimate of drug-likeness (QED) is 0.203. The first-order chi connectivity index (χ1) is 19.1. The lowest BCUT2D eigenvalue weighted by atomic mass is 9.86. The van der Waals surface area contributed by atoms with E-state index in [0.29, 0.717) is 36.4 Å². The zero-order valence-corrected chi connectivity index (χ0v) is 24.1. The molecule has 1 fully saturated rings. The molecule has 0 spiro atoms. The summed E-state index contributed by atoms with van der Waals surface area (Å²) in [7, 11) is -3.94. The molecule has 1 aromatic carbocycles. The van der Waals surface area contributed by atoms with E-state index in [4.69, 9.17) is 30.7 Å². The molecule has 3 aromatic rings. The van der Waals surface area contributed by atoms with Crippen molar-refractivity contribution >= 4 is 24.9 Å². The molecule has 0 unspecified atom stereocenters. The highest BCUT2D eigenvalue weighted by atomic mass is 31.2. The van der Waals surface area contributed by atoms with E-state index < -0.39 is 19.3 Å². The number of nitrogen functional groups attached to an aromatic ring is 1. The third-order valence-corrected chi connectivity index (χ3v) is 8.30. The molecule has 0 bridgehead atoms. The molecule has 4 rings (SSSR count). The summed E-state index contributed by atoms with van der Waals surface area (Å²) in [6.45, 7) is 7.94. The molecular weight excluding hydrogens is 535 g/mol. The Morgan fingerprint density at radius 2 is 2.05 bits per heavy atom. The summed E-state index contributed by atoms with van der Waals surface area (Å²) >= 11 is 0. The number of imidazole rings is 1. The fraction of sp³-hybridized carbons (Fsp3) is 0.519. The van der Waals surface area contributed by atoms with Crippen molar-refractivity contribution in [3.63, 3.8) is 0 Å². The largest absolute Gasteiger partial charge is 0.476 e. The predicted octanol–water partition coefficient (Wildman–Crippen LogP) is 3.73. The zero-order valence-electron chi connectivity index (χ0n) is 23.2. The maximum Gasteiger partial charge on any atom is 0.459 e. The summed E-state index contributed by atoms with van der Waals surface area (Å²) in [4.78, 5) is 12.9. The van der Waals surface area contributed by atoms with Gasteiger partial charge in [-0.1, -0.05) is 24.1 Å². The van der Waals surface area contributed by atoms with Crippen molar-refractivity contribution in [1.29, 1.82) is 0 Å². The van der Waals surface area contributed by atoms with Gasteiger partial charge in [0.1, 0.15) is 5.75 Å². The fourth-order valence-electron chi connectivity index (χ4n) is 4.65. The van der Waals surface area contributed by atoms with Gasteiger partial charge in [0.15, 0.2) is 11.2 Å². The summed E-state index contributed by atoms with van der Waals surface area (Å²) < 4.78 is 38.8. The monoisotopic (exact) mass is 572 g/mol. The molecule has 0 saturated heterocycles. The maximum absolute atomic E-state index is 14.0. The van der Waals surface area contributed by atoms with Crippen LogP contribution in [0.4, 0.5) is 5.95 Å². The number of ether oxygens (including phenoxy) is 2. The van der Waals surface area contributed by atoms with E-state index in [1.54, 1.807) is 30.6 Å². The number of hydrogen-bond donors (Lipinski definition) is 3. The molecule has 1 aliphatic rings. The minimum Gasteiger partial charge on any atom is -0.476 e. The Labute approximate surface area is 234 Å². The minimum absolute atomic E-state index is 0.000586. The van der Waals surface area contributed by atoms with Gasteiger partial charge in [-0.15, -0.1) is 6.42 Å². The number of nitrogens with zero attached hydrogens (tertiary/aromatic N) is 4. The van der Waals surface area contributed by atoms with E-state index in [9.17, 15) is 9.67 Å². The van der Waals surface area contributed by atoms with Crippen LogP contribution >= 0.6 is 7.75 Å². The highest BCUT2D eigenvalue weighted by molar-refractivity contribution is 7.52. The predicted molar refractivity (Wildman–Crippen MR) is 151 cm³/mol. The SMILES string of the molecule is C#C[C@]1(CO[P@@](=O)(N[C@@H](C)COC(C)C)Oc2ccccc2)C[C@@H](n2cnc3c(OCC)nc(N)nc32)C[C@@H]1O. The van der Waals surface area contributed by atoms with Gasteiger partial charge in [0.2, 0.25) is 11.8 Å². The number of aliphatic hydroxyl groups is 1. The van der Waals surface area contributed by atoms with E-state index in [0.717, 1.165) is 0 Å². The van der Waals surface area contributed by atoms with Crippen molar-refractivity contribution in [2.45, 2.75) is 64.8 Å². The van der Waals surface area contributed by atoms with Gasteiger partial charge in [-0.25, -0.2) is 14.6 Å². The zero-order chi connectivity index (χ0) is 28.9. The van der Waals surface area contributed by atoms with Crippen LogP contribution in [0.2, 0.25) is 0 Å². The van der Waals surface area contributed by atoms with Crippen LogP contribution in [-0.2, 0) is 13.8 Å². The van der Waals surface area contributed by atoms with Crippen molar-refractivity contribution in [1.82, 2.24) is 24.6 Å². The number of terminal acetylenes is 1. The van der Waals surface area contributed by atoms with E-state index in [1.807, 2.05) is 38.3 Å². The van der Waals surface area contributed by atoms with Crippen LogP contribution in [0.15, 0.2) is 36.7 Å². The van der Waals surface area contributed by atoms with E-state index in [2.05, 4.69) is 26.0 Å². The molecule has 2 aromatic heterocycles. The van der Waals surface area contributed by atoms with Crippen LogP contribution in [0.1, 0.15) is 46.6 Å². The number of nitrogens with two attached hydrogens (primary N) is 1. The number of hydrogen-bond acceptors (Lipinski definition) is 10. The van der Waals surface area contributed by atoms with Crippen molar-refractivity contribution in [3.05, 3.63) is 36.7 Å². The van der Waals surface area contributed by atoms with Crippen LogP contribution in [-0.4, -0.2) is 62.7 Å². The molecule has 1 aliphatic carbocycles. The highest BCUT2D eigenvalue weighted by Gasteiger charge is 2.49. The first kappa shape index (κ1) is 29.8. The van der Waals surface area contributed by atoms with E-state index in [-0.39, 0.29) is 43.2 Å². The lowest BCUT2D eigenvalue weighted by Gasteiger charge is -2.30. The molecule has 2 heterocycles. The lowest BCUT2D eigenvalue weighted by molar-refractivity contribution is 0.0482. The van der Waals surface area contributed by atoms with Crippen LogP contribution in [0.25, 0.3) is 11.2 Å². The van der Waals surface area contributed by atoms with Gasteiger partial charge in [-0.05, 0) is 52.7 Å². The number of rotatable bonds is 13. The van der Waals surface area contributed by atoms with Crippen molar-refractivity contribution in [2.24, 2.45) is 5.41 Å². The lowest BCUT2D eigenvalue weighted by Crippen LogP contribution is -2.36. The molecule has 0 radical (unpaired) electrons. The Hall–Kier alpha value is -3.20. The van der Waals surface area contributed by atoms with E-state index in [1.165, 1.54) is 0 Å². The number of aromatic nitrogens is 4. The van der Waals surface area contributed by atoms with Crippen LogP contribution in [0.3, 0.4) is 0 Å². The summed E-state index contributed by atoms with van der Waals surface area (Å²) in [5, 5.41) is 14.1.